The summed E-state index contributed by atoms with van der Waals surface area (Å²) in [5.74, 6) is -1.11. The highest BCUT2D eigenvalue weighted by atomic mass is 16.5. The Morgan fingerprint density at radius 2 is 2.15 bits per heavy atom. The number of rotatable bonds is 5. The van der Waals surface area contributed by atoms with Crippen molar-refractivity contribution in [3.8, 4) is 0 Å². The summed E-state index contributed by atoms with van der Waals surface area (Å²) in [5, 5.41) is 16.7. The van der Waals surface area contributed by atoms with Gasteiger partial charge in [-0.3, -0.25) is 0 Å². The van der Waals surface area contributed by atoms with Crippen LogP contribution < -0.4 is 5.32 Å². The topological polar surface area (TPSA) is 88.5 Å². The van der Waals surface area contributed by atoms with Gasteiger partial charge in [0.05, 0.1) is 5.69 Å². The zero-order valence-electron chi connectivity index (χ0n) is 10.5. The van der Waals surface area contributed by atoms with E-state index in [0.717, 1.165) is 16.6 Å². The van der Waals surface area contributed by atoms with Gasteiger partial charge in [-0.25, -0.2) is 4.79 Å². The third-order valence-electron chi connectivity index (χ3n) is 2.92. The number of hydrogen-bond acceptors (Lipinski definition) is 5. The summed E-state index contributed by atoms with van der Waals surface area (Å²) in [6.45, 7) is 1.26. The van der Waals surface area contributed by atoms with E-state index in [9.17, 15) is 4.79 Å². The zero-order chi connectivity index (χ0) is 13.9. The molecule has 6 heteroatoms. The van der Waals surface area contributed by atoms with Crippen molar-refractivity contribution in [2.24, 2.45) is 0 Å². The zero-order valence-corrected chi connectivity index (χ0v) is 10.5. The Balaban J connectivity index is 1.70. The van der Waals surface area contributed by atoms with Gasteiger partial charge in [0.1, 0.15) is 11.8 Å². The predicted octanol–water partition coefficient (Wildman–Crippen LogP) is 2.41. The van der Waals surface area contributed by atoms with E-state index in [1.165, 1.54) is 12.3 Å². The average molecular weight is 272 g/mol. The standard InChI is InChI=1S/C14H12N2O4/c17-14(18)13-6-10-5-9(1-2-12(10)20-13)7-15-8-11-3-4-19-16-11/h1-6,15H,7-8H2,(H,17,18). The number of carboxylic acid groups (broad SMARTS) is 1. The molecule has 6 nitrogen and oxygen atoms in total. The maximum atomic E-state index is 10.8. The number of furan rings is 1. The van der Waals surface area contributed by atoms with Gasteiger partial charge < -0.3 is 19.4 Å². The van der Waals surface area contributed by atoms with Crippen molar-refractivity contribution in [3.63, 3.8) is 0 Å². The first-order valence-electron chi connectivity index (χ1n) is 6.08. The fourth-order valence-electron chi connectivity index (χ4n) is 1.97. The molecule has 0 radical (unpaired) electrons. The van der Waals surface area contributed by atoms with Crippen LogP contribution in [-0.4, -0.2) is 16.2 Å². The number of nitrogens with one attached hydrogen (secondary N) is 1. The molecule has 2 aromatic heterocycles. The highest BCUT2D eigenvalue weighted by molar-refractivity contribution is 5.91. The van der Waals surface area contributed by atoms with Crippen LogP contribution in [0.25, 0.3) is 11.0 Å². The second-order valence-corrected chi connectivity index (χ2v) is 4.38. The maximum absolute atomic E-state index is 10.8. The molecule has 3 aromatic rings. The molecule has 3 rings (SSSR count). The molecule has 0 aliphatic rings. The summed E-state index contributed by atoms with van der Waals surface area (Å²) < 4.78 is 9.95. The summed E-state index contributed by atoms with van der Waals surface area (Å²) in [5.41, 5.74) is 2.45. The van der Waals surface area contributed by atoms with Gasteiger partial charge in [0.15, 0.2) is 0 Å². The summed E-state index contributed by atoms with van der Waals surface area (Å²) in [4.78, 5) is 10.8. The first-order valence-corrected chi connectivity index (χ1v) is 6.08. The van der Waals surface area contributed by atoms with Gasteiger partial charge >= 0.3 is 5.97 Å². The monoisotopic (exact) mass is 272 g/mol. The second-order valence-electron chi connectivity index (χ2n) is 4.38. The van der Waals surface area contributed by atoms with E-state index in [1.807, 2.05) is 12.1 Å². The van der Waals surface area contributed by atoms with E-state index in [4.69, 9.17) is 14.0 Å². The van der Waals surface area contributed by atoms with Crippen LogP contribution in [-0.2, 0) is 13.1 Å². The number of aromatic carboxylic acids is 1. The van der Waals surface area contributed by atoms with Crippen LogP contribution in [0.1, 0.15) is 21.8 Å². The SMILES string of the molecule is O=C(O)c1cc2cc(CNCc3ccon3)ccc2o1. The van der Waals surface area contributed by atoms with Crippen molar-refractivity contribution in [2.45, 2.75) is 13.1 Å². The van der Waals surface area contributed by atoms with E-state index in [0.29, 0.717) is 18.7 Å². The van der Waals surface area contributed by atoms with Crippen molar-refractivity contribution in [1.29, 1.82) is 0 Å². The van der Waals surface area contributed by atoms with Gasteiger partial charge in [0.25, 0.3) is 0 Å². The summed E-state index contributed by atoms with van der Waals surface area (Å²) in [6, 6.07) is 8.90. The molecule has 0 saturated carbocycles. The molecule has 0 unspecified atom stereocenters. The molecule has 0 amide bonds. The Hall–Kier alpha value is -2.60. The number of nitrogens with zero attached hydrogens (tertiary/aromatic N) is 1. The van der Waals surface area contributed by atoms with Crippen LogP contribution in [0.15, 0.2) is 45.5 Å². The molecule has 102 valence electrons. The van der Waals surface area contributed by atoms with Gasteiger partial charge in [0, 0.05) is 24.5 Å². The van der Waals surface area contributed by atoms with Gasteiger partial charge in [0.2, 0.25) is 5.76 Å². The van der Waals surface area contributed by atoms with Gasteiger partial charge in [-0.15, -0.1) is 0 Å². The molecule has 1 aromatic carbocycles. The first-order chi connectivity index (χ1) is 9.72. The molecule has 2 N–H and O–H groups in total. The molecule has 0 spiro atoms. The first kappa shape index (κ1) is 12.4. The van der Waals surface area contributed by atoms with Crippen LogP contribution in [0.5, 0.6) is 0 Å². The number of fused-ring (bicyclic) bond motifs is 1. The van der Waals surface area contributed by atoms with Crippen molar-refractivity contribution < 1.29 is 18.8 Å². The van der Waals surface area contributed by atoms with Gasteiger partial charge in [-0.05, 0) is 23.8 Å². The number of hydrogen-bond donors (Lipinski definition) is 2. The highest BCUT2D eigenvalue weighted by Crippen LogP contribution is 2.20. The van der Waals surface area contributed by atoms with Crippen LogP contribution >= 0.6 is 0 Å². The summed E-state index contributed by atoms with van der Waals surface area (Å²) in [6.07, 6.45) is 1.53. The lowest BCUT2D eigenvalue weighted by Crippen LogP contribution is -2.12. The molecule has 2 heterocycles. The lowest BCUT2D eigenvalue weighted by molar-refractivity contribution is 0.0665. The Kier molecular flexibility index (Phi) is 3.22. The fourth-order valence-corrected chi connectivity index (χ4v) is 1.97. The molecule has 0 aliphatic heterocycles. The number of benzene rings is 1. The normalized spacial score (nSPS) is 11.0. The van der Waals surface area contributed by atoms with E-state index in [1.54, 1.807) is 12.1 Å². The molecule has 20 heavy (non-hydrogen) atoms. The van der Waals surface area contributed by atoms with Crippen LogP contribution in [0.4, 0.5) is 0 Å². The molecular formula is C14H12N2O4. The van der Waals surface area contributed by atoms with Crippen molar-refractivity contribution >= 4 is 16.9 Å². The molecule has 0 fully saturated rings. The third kappa shape index (κ3) is 2.55. The molecule has 0 bridgehead atoms. The molecule has 0 aliphatic carbocycles. The molecular weight excluding hydrogens is 260 g/mol. The lowest BCUT2D eigenvalue weighted by Gasteiger charge is -2.02. The molecule has 0 atom stereocenters. The van der Waals surface area contributed by atoms with Gasteiger partial charge in [-0.1, -0.05) is 11.2 Å². The largest absolute Gasteiger partial charge is 0.475 e. The fraction of sp³-hybridized carbons (Fsp3) is 0.143. The minimum absolute atomic E-state index is 0.0484. The van der Waals surface area contributed by atoms with E-state index >= 15 is 0 Å². The van der Waals surface area contributed by atoms with E-state index in [2.05, 4.69) is 10.5 Å². The Labute approximate surface area is 114 Å². The van der Waals surface area contributed by atoms with E-state index < -0.39 is 5.97 Å². The maximum Gasteiger partial charge on any atom is 0.371 e. The predicted molar refractivity (Wildman–Crippen MR) is 70.2 cm³/mol. The van der Waals surface area contributed by atoms with Crippen molar-refractivity contribution in [2.75, 3.05) is 0 Å². The highest BCUT2D eigenvalue weighted by Gasteiger charge is 2.10. The number of carbonyl (C=O) groups is 1. The lowest BCUT2D eigenvalue weighted by atomic mass is 10.1. The molecule has 0 saturated heterocycles. The smallest absolute Gasteiger partial charge is 0.371 e. The quantitative estimate of drug-likeness (QED) is 0.741. The van der Waals surface area contributed by atoms with Crippen molar-refractivity contribution in [1.82, 2.24) is 10.5 Å². The summed E-state index contributed by atoms with van der Waals surface area (Å²) in [7, 11) is 0. The Morgan fingerprint density at radius 3 is 2.90 bits per heavy atom. The number of carboxylic acids is 1. The van der Waals surface area contributed by atoms with E-state index in [-0.39, 0.29) is 5.76 Å². The summed E-state index contributed by atoms with van der Waals surface area (Å²) >= 11 is 0. The van der Waals surface area contributed by atoms with Crippen LogP contribution in [0.2, 0.25) is 0 Å². The minimum Gasteiger partial charge on any atom is -0.475 e. The Bertz CT molecular complexity index is 731. The average Bonchev–Trinajstić information content (AvgIpc) is 3.06. The minimum atomic E-state index is -1.06. The third-order valence-corrected chi connectivity index (χ3v) is 2.92. The second kappa shape index (κ2) is 5.18. The van der Waals surface area contributed by atoms with Crippen molar-refractivity contribution in [3.05, 3.63) is 53.6 Å². The Morgan fingerprint density at radius 1 is 1.25 bits per heavy atom. The van der Waals surface area contributed by atoms with Gasteiger partial charge in [-0.2, -0.15) is 0 Å². The number of aromatic nitrogens is 1. The van der Waals surface area contributed by atoms with Crippen LogP contribution in [0.3, 0.4) is 0 Å². The van der Waals surface area contributed by atoms with Crippen LogP contribution in [0, 0.1) is 0 Å².